The van der Waals surface area contributed by atoms with Gasteiger partial charge in [0.05, 0.1) is 0 Å². The molecular formula is C12H8O2Se2. The first-order valence-electron chi connectivity index (χ1n) is 4.80. The van der Waals surface area contributed by atoms with E-state index in [2.05, 4.69) is 0 Å². The SMILES string of the molecule is O=[Se]1(=O)c2ccccc2[Se]c2ccccc21. The second-order valence-corrected chi connectivity index (χ2v) is 9.73. The summed E-state index contributed by atoms with van der Waals surface area (Å²) in [7, 11) is 0. The monoisotopic (exact) mass is 344 g/mol. The van der Waals surface area contributed by atoms with Gasteiger partial charge in [-0.25, -0.2) is 0 Å². The van der Waals surface area contributed by atoms with Gasteiger partial charge in [0, 0.05) is 0 Å². The molecule has 0 amide bonds. The quantitative estimate of drug-likeness (QED) is 0.495. The Bertz CT molecular complexity index is 609. The maximum atomic E-state index is 12.4. The van der Waals surface area contributed by atoms with Crippen molar-refractivity contribution < 1.29 is 7.67 Å². The fourth-order valence-electron chi connectivity index (χ4n) is 1.75. The summed E-state index contributed by atoms with van der Waals surface area (Å²) in [5.41, 5.74) is 0. The van der Waals surface area contributed by atoms with Crippen LogP contribution in [0, 0.1) is 0 Å². The van der Waals surface area contributed by atoms with Gasteiger partial charge in [-0.05, 0) is 0 Å². The molecule has 0 bridgehead atoms. The summed E-state index contributed by atoms with van der Waals surface area (Å²) in [5.74, 6) is 0. The Hall–Kier alpha value is -0.921. The molecule has 1 aliphatic rings. The second-order valence-electron chi connectivity index (χ2n) is 3.50. The fourth-order valence-corrected chi connectivity index (χ4v) is 9.85. The van der Waals surface area contributed by atoms with Crippen LogP contribution in [0.5, 0.6) is 0 Å². The van der Waals surface area contributed by atoms with Crippen LogP contribution in [0.4, 0.5) is 0 Å². The Balaban J connectivity index is 2.37. The molecule has 1 heterocycles. The average molecular weight is 342 g/mol. The van der Waals surface area contributed by atoms with Gasteiger partial charge in [-0.3, -0.25) is 0 Å². The molecular weight excluding hydrogens is 334 g/mol. The van der Waals surface area contributed by atoms with Crippen LogP contribution in [0.1, 0.15) is 0 Å². The zero-order valence-corrected chi connectivity index (χ0v) is 11.7. The van der Waals surface area contributed by atoms with E-state index in [0.717, 1.165) is 8.92 Å². The van der Waals surface area contributed by atoms with Gasteiger partial charge < -0.3 is 0 Å². The second kappa shape index (κ2) is 3.54. The predicted molar refractivity (Wildman–Crippen MR) is 64.3 cm³/mol. The van der Waals surface area contributed by atoms with Crippen molar-refractivity contribution in [3.05, 3.63) is 48.5 Å². The summed E-state index contributed by atoms with van der Waals surface area (Å²) in [4.78, 5) is 0. The van der Waals surface area contributed by atoms with Crippen molar-refractivity contribution in [3.8, 4) is 0 Å². The van der Waals surface area contributed by atoms with Crippen molar-refractivity contribution in [3.63, 3.8) is 0 Å². The van der Waals surface area contributed by atoms with Gasteiger partial charge in [-0.15, -0.1) is 0 Å². The summed E-state index contributed by atoms with van der Waals surface area (Å²) in [6.45, 7) is 0. The van der Waals surface area contributed by atoms with Crippen LogP contribution in [0.25, 0.3) is 0 Å². The van der Waals surface area contributed by atoms with E-state index in [1.165, 1.54) is 0 Å². The van der Waals surface area contributed by atoms with Crippen molar-refractivity contribution in [1.82, 2.24) is 0 Å². The Morgan fingerprint density at radius 2 is 1.19 bits per heavy atom. The molecule has 0 fully saturated rings. The topological polar surface area (TPSA) is 34.1 Å². The van der Waals surface area contributed by atoms with E-state index in [4.69, 9.17) is 0 Å². The van der Waals surface area contributed by atoms with Gasteiger partial charge in [0.2, 0.25) is 0 Å². The third kappa shape index (κ3) is 1.39. The molecule has 3 rings (SSSR count). The van der Waals surface area contributed by atoms with Gasteiger partial charge >= 0.3 is 102 Å². The summed E-state index contributed by atoms with van der Waals surface area (Å²) >= 11 is -4.00. The zero-order valence-electron chi connectivity index (χ0n) is 8.25. The van der Waals surface area contributed by atoms with Crippen LogP contribution in [-0.4, -0.2) is 27.7 Å². The van der Waals surface area contributed by atoms with Gasteiger partial charge in [0.1, 0.15) is 0 Å². The van der Waals surface area contributed by atoms with Gasteiger partial charge in [-0.1, -0.05) is 0 Å². The average Bonchev–Trinajstić information content (AvgIpc) is 2.29. The summed E-state index contributed by atoms with van der Waals surface area (Å²) in [5, 5.41) is 0. The third-order valence-electron chi connectivity index (χ3n) is 2.50. The van der Waals surface area contributed by atoms with Crippen LogP contribution in [-0.2, 0) is 7.67 Å². The van der Waals surface area contributed by atoms with Gasteiger partial charge in [0.15, 0.2) is 0 Å². The summed E-state index contributed by atoms with van der Waals surface area (Å²) < 4.78 is 27.8. The molecule has 80 valence electrons. The Morgan fingerprint density at radius 3 is 1.69 bits per heavy atom. The van der Waals surface area contributed by atoms with Crippen LogP contribution in [0.3, 0.4) is 0 Å². The minimum atomic E-state index is -4.11. The number of fused-ring (bicyclic) bond motifs is 2. The molecule has 0 saturated heterocycles. The molecule has 0 N–H and O–H groups in total. The molecule has 0 atom stereocenters. The molecule has 0 unspecified atom stereocenters. The van der Waals surface area contributed by atoms with Crippen molar-refractivity contribution in [2.24, 2.45) is 0 Å². The van der Waals surface area contributed by atoms with E-state index in [1.54, 1.807) is 24.3 Å². The minimum absolute atomic E-state index is 0.114. The Labute approximate surface area is 101 Å². The molecule has 0 aromatic heterocycles. The van der Waals surface area contributed by atoms with Crippen molar-refractivity contribution in [2.75, 3.05) is 0 Å². The fraction of sp³-hybridized carbons (Fsp3) is 0. The van der Waals surface area contributed by atoms with E-state index in [0.29, 0.717) is 8.92 Å². The third-order valence-corrected chi connectivity index (χ3v) is 10.1. The van der Waals surface area contributed by atoms with Crippen molar-refractivity contribution in [2.45, 2.75) is 0 Å². The van der Waals surface area contributed by atoms with E-state index in [1.807, 2.05) is 24.3 Å². The molecule has 0 radical (unpaired) electrons. The molecule has 2 aromatic rings. The number of hydrogen-bond acceptors (Lipinski definition) is 2. The van der Waals surface area contributed by atoms with Crippen LogP contribution in [0.2, 0.25) is 0 Å². The van der Waals surface area contributed by atoms with E-state index in [-0.39, 0.29) is 15.0 Å². The molecule has 0 saturated carbocycles. The molecule has 0 spiro atoms. The normalized spacial score (nSPS) is 16.2. The first-order valence-corrected chi connectivity index (χ1v) is 9.63. The van der Waals surface area contributed by atoms with Crippen molar-refractivity contribution in [1.29, 1.82) is 0 Å². The molecule has 2 nitrogen and oxygen atoms in total. The van der Waals surface area contributed by atoms with Gasteiger partial charge in [-0.2, -0.15) is 0 Å². The van der Waals surface area contributed by atoms with E-state index >= 15 is 0 Å². The number of rotatable bonds is 0. The molecule has 4 heteroatoms. The van der Waals surface area contributed by atoms with E-state index in [9.17, 15) is 7.67 Å². The van der Waals surface area contributed by atoms with E-state index < -0.39 is 12.7 Å². The standard InChI is InChI=1S/C12H8O2Se2/c13-16(14)11-7-3-1-5-9(11)15-10-6-2-4-8-12(10)16/h1-8H. The zero-order chi connectivity index (χ0) is 11.2. The van der Waals surface area contributed by atoms with Crippen LogP contribution in [0.15, 0.2) is 48.5 Å². The Morgan fingerprint density at radius 1 is 0.750 bits per heavy atom. The number of hydrogen-bond donors (Lipinski definition) is 0. The Kier molecular flexibility index (Phi) is 2.27. The van der Waals surface area contributed by atoms with Crippen LogP contribution >= 0.6 is 0 Å². The molecule has 0 aliphatic carbocycles. The molecule has 2 aromatic carbocycles. The van der Waals surface area contributed by atoms with Crippen molar-refractivity contribution >= 4 is 45.5 Å². The predicted octanol–water partition coefficient (Wildman–Crippen LogP) is -0.928. The molecule has 16 heavy (non-hydrogen) atoms. The summed E-state index contributed by atoms with van der Waals surface area (Å²) in [6.07, 6.45) is 0. The first-order chi connectivity index (χ1) is 7.69. The van der Waals surface area contributed by atoms with Crippen LogP contribution < -0.4 is 17.8 Å². The summed E-state index contributed by atoms with van der Waals surface area (Å²) in [6, 6.07) is 14.7. The molecule has 1 aliphatic heterocycles. The van der Waals surface area contributed by atoms with Gasteiger partial charge in [0.25, 0.3) is 0 Å². The first kappa shape index (κ1) is 10.2. The number of benzene rings is 2. The maximum absolute atomic E-state index is 12.4.